The molecule has 2 aliphatic rings. The second kappa shape index (κ2) is 8.42. The number of hydrogen-bond acceptors (Lipinski definition) is 3. The summed E-state index contributed by atoms with van der Waals surface area (Å²) in [5, 5.41) is 6.67. The summed E-state index contributed by atoms with van der Waals surface area (Å²) in [4.78, 5) is 12.5. The number of carbonyl (C=O) groups is 1. The number of methoxy groups -OCH3 is 1. The van der Waals surface area contributed by atoms with Gasteiger partial charge in [-0.15, -0.1) is 0 Å². The highest BCUT2D eigenvalue weighted by Crippen LogP contribution is 2.50. The van der Waals surface area contributed by atoms with Crippen molar-refractivity contribution in [1.82, 2.24) is 5.32 Å². The summed E-state index contributed by atoms with van der Waals surface area (Å²) in [7, 11) is 1.64. The molecule has 3 unspecified atom stereocenters. The Kier molecular flexibility index (Phi) is 5.72. The largest absolute Gasteiger partial charge is 0.383 e. The number of carbonyl (C=O) groups excluding carboxylic acids is 1. The molecule has 4 rings (SSSR count). The summed E-state index contributed by atoms with van der Waals surface area (Å²) in [5.74, 6) is 1.31. The Morgan fingerprint density at radius 1 is 1.21 bits per heavy atom. The lowest BCUT2D eigenvalue weighted by molar-refractivity contribution is 0.0937. The van der Waals surface area contributed by atoms with Crippen molar-refractivity contribution in [1.29, 1.82) is 0 Å². The Hall–Kier alpha value is -2.59. The van der Waals surface area contributed by atoms with Crippen LogP contribution in [0.15, 0.2) is 54.6 Å². The minimum atomic E-state index is -0.0465. The second-order valence-electron chi connectivity index (χ2n) is 8.35. The number of benzene rings is 2. The summed E-state index contributed by atoms with van der Waals surface area (Å²) in [5.41, 5.74) is 5.76. The van der Waals surface area contributed by atoms with E-state index in [-0.39, 0.29) is 11.9 Å². The minimum absolute atomic E-state index is 0.0465. The number of rotatable bonds is 6. The normalized spacial score (nSPS) is 22.1. The van der Waals surface area contributed by atoms with Crippen molar-refractivity contribution in [2.45, 2.75) is 38.1 Å². The van der Waals surface area contributed by atoms with Gasteiger partial charge in [-0.05, 0) is 53.1 Å². The van der Waals surface area contributed by atoms with Gasteiger partial charge in [0.1, 0.15) is 0 Å². The average Bonchev–Trinajstić information content (AvgIpc) is 3.23. The minimum Gasteiger partial charge on any atom is -0.383 e. The summed E-state index contributed by atoms with van der Waals surface area (Å²) < 4.78 is 5.02. The van der Waals surface area contributed by atoms with E-state index in [9.17, 15) is 4.79 Å². The number of allylic oxidation sites excluding steroid dienone is 2. The van der Waals surface area contributed by atoms with Gasteiger partial charge in [0.2, 0.25) is 0 Å². The summed E-state index contributed by atoms with van der Waals surface area (Å²) in [6, 6.07) is 15.3. The molecule has 0 radical (unpaired) electrons. The Balaban J connectivity index is 1.59. The first kappa shape index (κ1) is 19.7. The first-order chi connectivity index (χ1) is 14.1. The number of anilines is 1. The smallest absolute Gasteiger partial charge is 0.251 e. The Bertz CT molecular complexity index is 902. The van der Waals surface area contributed by atoms with Gasteiger partial charge in [0.05, 0.1) is 12.6 Å². The molecule has 0 saturated carbocycles. The number of hydrogen-bond donors (Lipinski definition) is 2. The van der Waals surface area contributed by atoms with E-state index in [0.717, 1.165) is 12.1 Å². The lowest BCUT2D eigenvalue weighted by Crippen LogP contribution is -2.30. The standard InChI is InChI=1S/C25H30N2O2/c1-16(2)17-7-9-18(10-8-17)24-21-6-4-5-20(21)22-15-19(11-12-23(22)27-24)25(28)26-13-14-29-3/h4-5,7-12,15-16,20-21,24,27H,6,13-14H2,1-3H3,(H,26,28). The predicted molar refractivity (Wildman–Crippen MR) is 118 cm³/mol. The van der Waals surface area contributed by atoms with Crippen LogP contribution in [-0.4, -0.2) is 26.2 Å². The van der Waals surface area contributed by atoms with Gasteiger partial charge in [-0.1, -0.05) is 50.3 Å². The molecular formula is C25H30N2O2. The van der Waals surface area contributed by atoms with Crippen molar-refractivity contribution >= 4 is 11.6 Å². The zero-order valence-corrected chi connectivity index (χ0v) is 17.4. The van der Waals surface area contributed by atoms with E-state index in [4.69, 9.17) is 4.74 Å². The van der Waals surface area contributed by atoms with Crippen molar-refractivity contribution in [2.75, 3.05) is 25.6 Å². The van der Waals surface area contributed by atoms with Crippen LogP contribution in [0.25, 0.3) is 0 Å². The highest BCUT2D eigenvalue weighted by molar-refractivity contribution is 5.95. The van der Waals surface area contributed by atoms with Crippen molar-refractivity contribution in [3.63, 3.8) is 0 Å². The van der Waals surface area contributed by atoms with E-state index < -0.39 is 0 Å². The molecule has 1 aliphatic carbocycles. The topological polar surface area (TPSA) is 50.4 Å². The zero-order chi connectivity index (χ0) is 20.4. The SMILES string of the molecule is COCCNC(=O)c1ccc2c(c1)C1C=CCC1C(c1ccc(C(C)C)cc1)N2. The molecule has 0 saturated heterocycles. The lowest BCUT2D eigenvalue weighted by Gasteiger charge is -2.37. The van der Waals surface area contributed by atoms with Crippen LogP contribution in [0.3, 0.4) is 0 Å². The number of ether oxygens (including phenoxy) is 1. The van der Waals surface area contributed by atoms with Gasteiger partial charge in [0, 0.05) is 30.8 Å². The first-order valence-corrected chi connectivity index (χ1v) is 10.5. The molecule has 3 atom stereocenters. The molecule has 0 bridgehead atoms. The number of amides is 1. The van der Waals surface area contributed by atoms with Crippen LogP contribution in [0.4, 0.5) is 5.69 Å². The quantitative estimate of drug-likeness (QED) is 0.538. The molecule has 29 heavy (non-hydrogen) atoms. The maximum absolute atomic E-state index is 12.5. The molecule has 2 aromatic rings. The predicted octanol–water partition coefficient (Wildman–Crippen LogP) is 5.01. The highest BCUT2D eigenvalue weighted by Gasteiger charge is 2.38. The van der Waals surface area contributed by atoms with Crippen LogP contribution in [0.2, 0.25) is 0 Å². The van der Waals surface area contributed by atoms with Gasteiger partial charge < -0.3 is 15.4 Å². The van der Waals surface area contributed by atoms with Crippen molar-refractivity contribution < 1.29 is 9.53 Å². The molecule has 2 N–H and O–H groups in total. The molecule has 1 heterocycles. The van der Waals surface area contributed by atoms with E-state index in [1.807, 2.05) is 6.07 Å². The number of nitrogens with one attached hydrogen (secondary N) is 2. The van der Waals surface area contributed by atoms with Crippen LogP contribution < -0.4 is 10.6 Å². The maximum atomic E-state index is 12.5. The van der Waals surface area contributed by atoms with Crippen molar-refractivity contribution in [3.05, 3.63) is 76.9 Å². The third-order valence-corrected chi connectivity index (χ3v) is 6.18. The van der Waals surface area contributed by atoms with E-state index in [1.165, 1.54) is 16.7 Å². The third-order valence-electron chi connectivity index (χ3n) is 6.18. The fraction of sp³-hybridized carbons (Fsp3) is 0.400. The van der Waals surface area contributed by atoms with Gasteiger partial charge in [0.15, 0.2) is 0 Å². The first-order valence-electron chi connectivity index (χ1n) is 10.5. The monoisotopic (exact) mass is 390 g/mol. The van der Waals surface area contributed by atoms with E-state index >= 15 is 0 Å². The molecule has 1 aliphatic heterocycles. The maximum Gasteiger partial charge on any atom is 0.251 e. The fourth-order valence-electron chi connectivity index (χ4n) is 4.52. The fourth-order valence-corrected chi connectivity index (χ4v) is 4.52. The Labute approximate surface area is 173 Å². The van der Waals surface area contributed by atoms with Crippen LogP contribution in [0, 0.1) is 5.92 Å². The van der Waals surface area contributed by atoms with Crippen LogP contribution in [0.5, 0.6) is 0 Å². The van der Waals surface area contributed by atoms with Gasteiger partial charge in [-0.25, -0.2) is 0 Å². The molecule has 4 nitrogen and oxygen atoms in total. The molecule has 2 aromatic carbocycles. The lowest BCUT2D eigenvalue weighted by atomic mass is 9.76. The third kappa shape index (κ3) is 3.95. The van der Waals surface area contributed by atoms with Crippen LogP contribution >= 0.6 is 0 Å². The van der Waals surface area contributed by atoms with Crippen LogP contribution in [-0.2, 0) is 4.74 Å². The molecule has 1 amide bonds. The average molecular weight is 391 g/mol. The van der Waals surface area contributed by atoms with Gasteiger partial charge in [-0.3, -0.25) is 4.79 Å². The molecule has 0 spiro atoms. The zero-order valence-electron chi connectivity index (χ0n) is 17.4. The van der Waals surface area contributed by atoms with Gasteiger partial charge in [-0.2, -0.15) is 0 Å². The summed E-state index contributed by atoms with van der Waals surface area (Å²) in [6.45, 7) is 5.49. The Morgan fingerprint density at radius 3 is 2.72 bits per heavy atom. The van der Waals surface area contributed by atoms with Gasteiger partial charge >= 0.3 is 0 Å². The van der Waals surface area contributed by atoms with Crippen molar-refractivity contribution in [3.8, 4) is 0 Å². The summed E-state index contributed by atoms with van der Waals surface area (Å²) in [6.07, 6.45) is 5.65. The second-order valence-corrected chi connectivity index (χ2v) is 8.35. The van der Waals surface area contributed by atoms with E-state index in [0.29, 0.717) is 36.5 Å². The molecule has 4 heteroatoms. The number of fused-ring (bicyclic) bond motifs is 3. The Morgan fingerprint density at radius 2 is 2.00 bits per heavy atom. The van der Waals surface area contributed by atoms with Gasteiger partial charge in [0.25, 0.3) is 5.91 Å². The highest BCUT2D eigenvalue weighted by atomic mass is 16.5. The molecule has 152 valence electrons. The van der Waals surface area contributed by atoms with Crippen LogP contribution in [0.1, 0.15) is 65.2 Å². The van der Waals surface area contributed by atoms with E-state index in [2.05, 4.69) is 73.0 Å². The van der Waals surface area contributed by atoms with Crippen molar-refractivity contribution in [2.24, 2.45) is 5.92 Å². The molecular weight excluding hydrogens is 360 g/mol. The molecule has 0 aromatic heterocycles. The van der Waals surface area contributed by atoms with E-state index in [1.54, 1.807) is 7.11 Å². The molecule has 0 fully saturated rings. The summed E-state index contributed by atoms with van der Waals surface area (Å²) >= 11 is 0.